The Morgan fingerprint density at radius 1 is 1.75 bits per heavy atom. The highest BCUT2D eigenvalue weighted by molar-refractivity contribution is 5.75. The van der Waals surface area contributed by atoms with E-state index in [1.807, 2.05) is 0 Å². The Balaban J connectivity index is 0.000000217. The van der Waals surface area contributed by atoms with Gasteiger partial charge in [-0.05, 0) is 0 Å². The summed E-state index contributed by atoms with van der Waals surface area (Å²) in [6.45, 7) is 3.41. The largest absolute Gasteiger partial charge is 0.369 e. The maximum absolute atomic E-state index is 9.47. The average molecular weight is 169 g/mol. The molecule has 66 valence electrons. The molecular weight excluding hydrogens is 158 g/mol. The van der Waals surface area contributed by atoms with Crippen molar-refractivity contribution >= 4 is 12.1 Å². The third-order valence-corrected chi connectivity index (χ3v) is 0.825. The first-order valence-electron chi connectivity index (χ1n) is 3.15. The molecule has 0 bridgehead atoms. The summed E-state index contributed by atoms with van der Waals surface area (Å²) in [4.78, 5) is 13.1. The molecule has 0 saturated heterocycles. The molecule has 1 rings (SSSR count). The van der Waals surface area contributed by atoms with Crippen LogP contribution in [0, 0.1) is 0 Å². The molecule has 1 amide bonds. The van der Waals surface area contributed by atoms with Gasteiger partial charge in [-0.2, -0.15) is 5.10 Å². The van der Waals surface area contributed by atoms with Crippen molar-refractivity contribution in [1.29, 1.82) is 0 Å². The lowest BCUT2D eigenvalue weighted by atomic mass is 10.7. The van der Waals surface area contributed by atoms with Crippen molar-refractivity contribution in [1.82, 2.24) is 14.8 Å². The molecule has 0 unspecified atom stereocenters. The molecule has 6 nitrogen and oxygen atoms in total. The number of primary amides is 1. The van der Waals surface area contributed by atoms with E-state index in [0.29, 0.717) is 0 Å². The zero-order valence-electron chi connectivity index (χ0n) is 6.55. The van der Waals surface area contributed by atoms with Crippen LogP contribution in [0.1, 0.15) is 0 Å². The predicted molar refractivity (Wildman–Crippen MR) is 44.7 cm³/mol. The number of carbonyl (C=O) groups excluding carboxylic acids is 1. The van der Waals surface area contributed by atoms with Gasteiger partial charge in [0.05, 0.1) is 6.54 Å². The molecule has 0 saturated carbocycles. The summed E-state index contributed by atoms with van der Waals surface area (Å²) >= 11 is 0. The number of rotatable bonds is 2. The maximum Gasteiger partial charge on any atom is 0.231 e. The number of hydrogen-bond donors (Lipinski definition) is 2. The van der Waals surface area contributed by atoms with Crippen LogP contribution in [-0.2, 0) is 4.79 Å². The quantitative estimate of drug-likeness (QED) is 0.581. The Bertz CT molecular complexity index is 230. The lowest BCUT2D eigenvalue weighted by molar-refractivity contribution is -0.116. The molecule has 0 fully saturated rings. The predicted octanol–water partition coefficient (Wildman–Crippen LogP) is -1.19. The minimum atomic E-state index is -0.468. The van der Waals surface area contributed by atoms with E-state index in [0.717, 1.165) is 0 Å². The summed E-state index contributed by atoms with van der Waals surface area (Å²) in [5.41, 5.74) is 9.22. The van der Waals surface area contributed by atoms with Crippen LogP contribution in [0.2, 0.25) is 0 Å². The van der Waals surface area contributed by atoms with Gasteiger partial charge in [0.1, 0.15) is 12.7 Å². The van der Waals surface area contributed by atoms with Gasteiger partial charge in [-0.15, -0.1) is 0 Å². The molecule has 0 atom stereocenters. The molecule has 0 aromatic carbocycles. The molecule has 0 aliphatic heterocycles. The molecule has 0 spiro atoms. The maximum atomic E-state index is 9.47. The van der Waals surface area contributed by atoms with Crippen LogP contribution in [0.25, 0.3) is 6.20 Å². The van der Waals surface area contributed by atoms with Gasteiger partial charge in [0, 0.05) is 6.20 Å². The molecular formula is C6H11N5O. The smallest absolute Gasteiger partial charge is 0.231 e. The number of carbonyl (C=O) groups is 1. The fraction of sp³-hybridized carbons (Fsp3) is 0.167. The summed E-state index contributed by atoms with van der Waals surface area (Å²) in [6, 6.07) is 0. The van der Waals surface area contributed by atoms with E-state index in [-0.39, 0.29) is 6.54 Å². The zero-order chi connectivity index (χ0) is 9.40. The minimum Gasteiger partial charge on any atom is -0.369 e. The standard InChI is InChI=1S/C4H5N3.C2H6N2O/c1-2-7-4-5-3-6-7;3-1-2(4)5/h2-4H,1H2;1,3H2,(H2,4,5). The zero-order valence-corrected chi connectivity index (χ0v) is 6.55. The Kier molecular flexibility index (Phi) is 5.20. The van der Waals surface area contributed by atoms with E-state index >= 15 is 0 Å². The van der Waals surface area contributed by atoms with Gasteiger partial charge in [-0.3, -0.25) is 4.79 Å². The highest BCUT2D eigenvalue weighted by Crippen LogP contribution is 1.74. The highest BCUT2D eigenvalue weighted by Gasteiger charge is 1.77. The van der Waals surface area contributed by atoms with Crippen molar-refractivity contribution in [3.05, 3.63) is 19.2 Å². The molecule has 0 aliphatic rings. The molecule has 1 aromatic rings. The normalized spacial score (nSPS) is 8.08. The molecule has 1 aromatic heterocycles. The molecule has 1 heterocycles. The van der Waals surface area contributed by atoms with E-state index < -0.39 is 5.91 Å². The van der Waals surface area contributed by atoms with Gasteiger partial charge in [-0.1, -0.05) is 6.58 Å². The summed E-state index contributed by atoms with van der Waals surface area (Å²) < 4.78 is 1.53. The Hall–Kier alpha value is -1.69. The highest BCUT2D eigenvalue weighted by atomic mass is 16.1. The Morgan fingerprint density at radius 3 is 2.50 bits per heavy atom. The third kappa shape index (κ3) is 5.12. The Morgan fingerprint density at radius 2 is 2.33 bits per heavy atom. The number of aromatic nitrogens is 3. The molecule has 4 N–H and O–H groups in total. The van der Waals surface area contributed by atoms with Gasteiger partial charge in [0.2, 0.25) is 5.91 Å². The van der Waals surface area contributed by atoms with Gasteiger partial charge in [0.25, 0.3) is 0 Å². The summed E-state index contributed by atoms with van der Waals surface area (Å²) in [7, 11) is 0. The minimum absolute atomic E-state index is 0.0556. The third-order valence-electron chi connectivity index (χ3n) is 0.825. The van der Waals surface area contributed by atoms with Crippen LogP contribution in [0.15, 0.2) is 19.2 Å². The first kappa shape index (κ1) is 10.3. The molecule has 6 heteroatoms. The topological polar surface area (TPSA) is 99.8 Å². The van der Waals surface area contributed by atoms with Gasteiger partial charge in [-0.25, -0.2) is 9.67 Å². The van der Waals surface area contributed by atoms with Crippen molar-refractivity contribution in [3.63, 3.8) is 0 Å². The van der Waals surface area contributed by atoms with E-state index in [4.69, 9.17) is 5.73 Å². The molecule has 0 aliphatic carbocycles. The van der Waals surface area contributed by atoms with Crippen LogP contribution >= 0.6 is 0 Å². The van der Waals surface area contributed by atoms with Crippen LogP contribution in [0.4, 0.5) is 0 Å². The van der Waals surface area contributed by atoms with Crippen molar-refractivity contribution in [2.45, 2.75) is 0 Å². The van der Waals surface area contributed by atoms with Crippen molar-refractivity contribution < 1.29 is 4.79 Å². The number of amides is 1. The van der Waals surface area contributed by atoms with E-state index in [2.05, 4.69) is 22.4 Å². The van der Waals surface area contributed by atoms with Crippen molar-refractivity contribution in [3.8, 4) is 0 Å². The lowest BCUT2D eigenvalue weighted by Crippen LogP contribution is -2.21. The monoisotopic (exact) mass is 169 g/mol. The second kappa shape index (κ2) is 6.05. The van der Waals surface area contributed by atoms with Crippen LogP contribution in [0.3, 0.4) is 0 Å². The van der Waals surface area contributed by atoms with Crippen LogP contribution in [-0.4, -0.2) is 27.2 Å². The average Bonchev–Trinajstić information content (AvgIpc) is 2.57. The second-order valence-electron chi connectivity index (χ2n) is 1.73. The number of nitrogens with zero attached hydrogens (tertiary/aromatic N) is 3. The summed E-state index contributed by atoms with van der Waals surface area (Å²) in [6.07, 6.45) is 4.61. The van der Waals surface area contributed by atoms with E-state index in [1.165, 1.54) is 11.0 Å². The first-order chi connectivity index (χ1) is 5.70. The van der Waals surface area contributed by atoms with E-state index in [9.17, 15) is 4.79 Å². The Labute approximate surface area is 69.9 Å². The fourth-order valence-electron chi connectivity index (χ4n) is 0.312. The van der Waals surface area contributed by atoms with Gasteiger partial charge in [0.15, 0.2) is 0 Å². The van der Waals surface area contributed by atoms with Gasteiger partial charge < -0.3 is 11.5 Å². The SMILES string of the molecule is C=Cn1cncn1.NCC(N)=O. The fourth-order valence-corrected chi connectivity index (χ4v) is 0.312. The van der Waals surface area contributed by atoms with E-state index in [1.54, 1.807) is 12.5 Å². The number of nitrogens with two attached hydrogens (primary N) is 2. The first-order valence-corrected chi connectivity index (χ1v) is 3.15. The lowest BCUT2D eigenvalue weighted by Gasteiger charge is -1.78. The van der Waals surface area contributed by atoms with Crippen molar-refractivity contribution in [2.24, 2.45) is 11.5 Å². The van der Waals surface area contributed by atoms with Crippen LogP contribution < -0.4 is 11.5 Å². The molecule has 12 heavy (non-hydrogen) atoms. The summed E-state index contributed by atoms with van der Waals surface area (Å²) in [5, 5.41) is 3.72. The van der Waals surface area contributed by atoms with Crippen molar-refractivity contribution in [2.75, 3.05) is 6.54 Å². The number of hydrogen-bond acceptors (Lipinski definition) is 4. The second-order valence-corrected chi connectivity index (χ2v) is 1.73. The van der Waals surface area contributed by atoms with Gasteiger partial charge >= 0.3 is 0 Å². The van der Waals surface area contributed by atoms with Crippen LogP contribution in [0.5, 0.6) is 0 Å². The molecule has 0 radical (unpaired) electrons. The summed E-state index contributed by atoms with van der Waals surface area (Å²) in [5.74, 6) is -0.468.